The van der Waals surface area contributed by atoms with Gasteiger partial charge < -0.3 is 14.4 Å². The van der Waals surface area contributed by atoms with E-state index in [0.717, 1.165) is 34.4 Å². The summed E-state index contributed by atoms with van der Waals surface area (Å²) >= 11 is 1.75. The molecule has 1 aliphatic rings. The molecule has 0 spiro atoms. The Bertz CT molecular complexity index is 888. The summed E-state index contributed by atoms with van der Waals surface area (Å²) in [4.78, 5) is 17.3. The molecule has 7 heteroatoms. The van der Waals surface area contributed by atoms with Crippen LogP contribution in [0.2, 0.25) is 0 Å². The minimum Gasteiger partial charge on any atom is -0.361 e. The fourth-order valence-electron chi connectivity index (χ4n) is 2.85. The normalized spacial score (nSPS) is 13.1. The Hall–Kier alpha value is -2.54. The van der Waals surface area contributed by atoms with E-state index in [1.807, 2.05) is 30.5 Å². The molecular weight excluding hydrogens is 324 g/mol. The van der Waals surface area contributed by atoms with Gasteiger partial charge in [-0.15, -0.1) is 0 Å². The summed E-state index contributed by atoms with van der Waals surface area (Å²) in [5, 5.41) is 7.83. The summed E-state index contributed by atoms with van der Waals surface area (Å²) in [7, 11) is 0. The van der Waals surface area contributed by atoms with Crippen LogP contribution in [0.15, 0.2) is 40.1 Å². The van der Waals surface area contributed by atoms with Crippen molar-refractivity contribution in [2.75, 3.05) is 11.1 Å². The predicted molar refractivity (Wildman–Crippen MR) is 92.3 cm³/mol. The van der Waals surface area contributed by atoms with Crippen LogP contribution in [0, 0.1) is 13.8 Å². The van der Waals surface area contributed by atoms with Crippen molar-refractivity contribution in [1.82, 2.24) is 14.7 Å². The zero-order valence-corrected chi connectivity index (χ0v) is 14.2. The summed E-state index contributed by atoms with van der Waals surface area (Å²) in [5.74, 6) is 1.35. The third-order valence-electron chi connectivity index (χ3n) is 4.01. The molecule has 1 N–H and O–H groups in total. The molecule has 0 saturated carbocycles. The second-order valence-corrected chi connectivity index (χ2v) is 6.71. The number of nitrogens with zero attached hydrogens (tertiary/aromatic N) is 3. The number of hydrogen-bond acceptors (Lipinski definition) is 5. The standard InChI is InChI=1S/C17H16N4O2S/c1-10-15(11(2)23-20-10)16(22)18-13-6-4-3-5-12(13)14-9-21-7-8-24-17(21)19-14/h3-6,9H,7-8H2,1-2H3,(H,18,22). The molecule has 0 saturated heterocycles. The highest BCUT2D eigenvalue weighted by Crippen LogP contribution is 2.32. The van der Waals surface area contributed by atoms with Crippen LogP contribution in [-0.4, -0.2) is 26.4 Å². The Morgan fingerprint density at radius 3 is 2.92 bits per heavy atom. The van der Waals surface area contributed by atoms with Gasteiger partial charge in [-0.05, 0) is 19.9 Å². The van der Waals surface area contributed by atoms with Crippen molar-refractivity contribution in [3.8, 4) is 11.3 Å². The second kappa shape index (κ2) is 5.83. The SMILES string of the molecule is Cc1noc(C)c1C(=O)Nc1ccccc1-c1cn2c(n1)SCC2. The maximum absolute atomic E-state index is 12.6. The number of aromatic nitrogens is 3. The van der Waals surface area contributed by atoms with Gasteiger partial charge in [0.05, 0.1) is 17.1 Å². The van der Waals surface area contributed by atoms with E-state index in [4.69, 9.17) is 4.52 Å². The van der Waals surface area contributed by atoms with E-state index in [1.54, 1.807) is 25.6 Å². The number of amides is 1. The van der Waals surface area contributed by atoms with Gasteiger partial charge in [-0.2, -0.15) is 0 Å². The van der Waals surface area contributed by atoms with E-state index in [2.05, 4.69) is 20.0 Å². The minimum atomic E-state index is -0.222. The highest BCUT2D eigenvalue weighted by Gasteiger charge is 2.20. The molecular formula is C17H16N4O2S. The maximum atomic E-state index is 12.6. The van der Waals surface area contributed by atoms with Gasteiger partial charge in [-0.3, -0.25) is 4.79 Å². The summed E-state index contributed by atoms with van der Waals surface area (Å²) in [5.41, 5.74) is 3.56. The fourth-order valence-corrected chi connectivity index (χ4v) is 3.79. The number of carbonyl (C=O) groups is 1. The van der Waals surface area contributed by atoms with Gasteiger partial charge in [0, 0.05) is 24.1 Å². The lowest BCUT2D eigenvalue weighted by Crippen LogP contribution is -2.14. The van der Waals surface area contributed by atoms with Crippen LogP contribution < -0.4 is 5.32 Å². The van der Waals surface area contributed by atoms with Crippen molar-refractivity contribution < 1.29 is 9.32 Å². The molecule has 2 aromatic heterocycles. The molecule has 1 amide bonds. The molecule has 4 rings (SSSR count). The molecule has 0 bridgehead atoms. The first-order chi connectivity index (χ1) is 11.6. The van der Waals surface area contributed by atoms with Gasteiger partial charge in [0.15, 0.2) is 5.16 Å². The van der Waals surface area contributed by atoms with E-state index in [9.17, 15) is 4.79 Å². The van der Waals surface area contributed by atoms with E-state index >= 15 is 0 Å². The third-order valence-corrected chi connectivity index (χ3v) is 4.99. The predicted octanol–water partition coefficient (Wildman–Crippen LogP) is 3.51. The van der Waals surface area contributed by atoms with Crippen molar-refractivity contribution in [3.63, 3.8) is 0 Å². The molecule has 122 valence electrons. The maximum Gasteiger partial charge on any atom is 0.261 e. The Balaban J connectivity index is 1.68. The molecule has 6 nitrogen and oxygen atoms in total. The monoisotopic (exact) mass is 340 g/mol. The summed E-state index contributed by atoms with van der Waals surface area (Å²) in [6, 6.07) is 7.68. The van der Waals surface area contributed by atoms with E-state index in [1.165, 1.54) is 0 Å². The molecule has 0 aliphatic carbocycles. The molecule has 1 aliphatic heterocycles. The lowest BCUT2D eigenvalue weighted by molar-refractivity contribution is 0.102. The zero-order valence-electron chi connectivity index (χ0n) is 13.4. The molecule has 0 unspecified atom stereocenters. The van der Waals surface area contributed by atoms with Crippen LogP contribution in [-0.2, 0) is 6.54 Å². The number of nitrogens with one attached hydrogen (secondary N) is 1. The van der Waals surface area contributed by atoms with Crippen molar-refractivity contribution in [2.24, 2.45) is 0 Å². The first kappa shape index (κ1) is 15.0. The van der Waals surface area contributed by atoms with Crippen LogP contribution in [0.3, 0.4) is 0 Å². The zero-order chi connectivity index (χ0) is 16.7. The van der Waals surface area contributed by atoms with E-state index in [-0.39, 0.29) is 5.91 Å². The van der Waals surface area contributed by atoms with Crippen molar-refractivity contribution >= 4 is 23.4 Å². The average molecular weight is 340 g/mol. The molecule has 0 radical (unpaired) electrons. The fraction of sp³-hybridized carbons (Fsp3) is 0.235. The van der Waals surface area contributed by atoms with Gasteiger partial charge in [0.1, 0.15) is 11.3 Å². The number of benzene rings is 1. The Morgan fingerprint density at radius 1 is 1.33 bits per heavy atom. The molecule has 0 atom stereocenters. The number of thioether (sulfide) groups is 1. The van der Waals surface area contributed by atoms with Crippen LogP contribution >= 0.6 is 11.8 Å². The molecule has 3 heterocycles. The Kier molecular flexibility index (Phi) is 3.65. The average Bonchev–Trinajstić information content (AvgIpc) is 3.23. The number of rotatable bonds is 3. The lowest BCUT2D eigenvalue weighted by Gasteiger charge is -2.09. The van der Waals surface area contributed by atoms with Crippen LogP contribution in [0.1, 0.15) is 21.8 Å². The summed E-state index contributed by atoms with van der Waals surface area (Å²) < 4.78 is 7.23. The van der Waals surface area contributed by atoms with E-state index in [0.29, 0.717) is 17.0 Å². The lowest BCUT2D eigenvalue weighted by atomic mass is 10.1. The molecule has 24 heavy (non-hydrogen) atoms. The third kappa shape index (κ3) is 2.50. The Labute approximate surface area is 143 Å². The smallest absolute Gasteiger partial charge is 0.261 e. The highest BCUT2D eigenvalue weighted by molar-refractivity contribution is 7.99. The summed E-state index contributed by atoms with van der Waals surface area (Å²) in [6.07, 6.45) is 2.04. The number of imidazole rings is 1. The van der Waals surface area contributed by atoms with Crippen molar-refractivity contribution in [2.45, 2.75) is 25.5 Å². The topological polar surface area (TPSA) is 73.0 Å². The van der Waals surface area contributed by atoms with Gasteiger partial charge in [-0.1, -0.05) is 35.1 Å². The largest absolute Gasteiger partial charge is 0.361 e. The van der Waals surface area contributed by atoms with Crippen LogP contribution in [0.5, 0.6) is 0 Å². The molecule has 0 fully saturated rings. The quantitative estimate of drug-likeness (QED) is 0.790. The minimum absolute atomic E-state index is 0.222. The van der Waals surface area contributed by atoms with Crippen molar-refractivity contribution in [3.05, 3.63) is 47.5 Å². The van der Waals surface area contributed by atoms with Gasteiger partial charge in [0.25, 0.3) is 5.91 Å². The molecule has 1 aromatic carbocycles. The van der Waals surface area contributed by atoms with Gasteiger partial charge in [0.2, 0.25) is 0 Å². The first-order valence-corrected chi connectivity index (χ1v) is 8.65. The second-order valence-electron chi connectivity index (χ2n) is 5.65. The Morgan fingerprint density at radius 2 is 2.17 bits per heavy atom. The first-order valence-electron chi connectivity index (χ1n) is 7.67. The van der Waals surface area contributed by atoms with Crippen molar-refractivity contribution in [1.29, 1.82) is 0 Å². The number of carbonyl (C=O) groups excluding carboxylic acids is 1. The number of hydrogen-bond donors (Lipinski definition) is 1. The van der Waals surface area contributed by atoms with Gasteiger partial charge in [-0.25, -0.2) is 4.98 Å². The number of para-hydroxylation sites is 1. The molecule has 3 aromatic rings. The van der Waals surface area contributed by atoms with Crippen LogP contribution in [0.25, 0.3) is 11.3 Å². The van der Waals surface area contributed by atoms with Gasteiger partial charge >= 0.3 is 0 Å². The number of fused-ring (bicyclic) bond motifs is 1. The van der Waals surface area contributed by atoms with Crippen LogP contribution in [0.4, 0.5) is 5.69 Å². The highest BCUT2D eigenvalue weighted by atomic mass is 32.2. The number of aryl methyl sites for hydroxylation is 3. The number of anilines is 1. The summed E-state index contributed by atoms with van der Waals surface area (Å²) in [6.45, 7) is 4.47. The van der Waals surface area contributed by atoms with E-state index < -0.39 is 0 Å².